The lowest BCUT2D eigenvalue weighted by Crippen LogP contribution is -2.38. The van der Waals surface area contributed by atoms with Crippen LogP contribution in [0.5, 0.6) is 0 Å². The van der Waals surface area contributed by atoms with Crippen LogP contribution in [-0.2, 0) is 25.6 Å². The normalized spacial score (nSPS) is 11.8. The van der Waals surface area contributed by atoms with Crippen molar-refractivity contribution in [1.29, 1.82) is 0 Å². The minimum Gasteiger partial charge on any atom is -0.454 e. The lowest BCUT2D eigenvalue weighted by Gasteiger charge is -2.12. The number of methoxy groups -OCH3 is 1. The number of benzene rings is 1. The molecule has 1 amide bonds. The van der Waals surface area contributed by atoms with E-state index in [2.05, 4.69) is 20.7 Å². The van der Waals surface area contributed by atoms with Crippen molar-refractivity contribution in [3.63, 3.8) is 0 Å². The van der Waals surface area contributed by atoms with E-state index >= 15 is 0 Å². The van der Waals surface area contributed by atoms with Gasteiger partial charge in [0.05, 0.1) is 6.61 Å². The molecule has 0 aliphatic heterocycles. The van der Waals surface area contributed by atoms with Crippen molar-refractivity contribution in [3.05, 3.63) is 29.8 Å². The number of carbonyl (C=O) groups excluding carboxylic acids is 2. The first-order valence-corrected chi connectivity index (χ1v) is 7.76. The summed E-state index contributed by atoms with van der Waals surface area (Å²) >= 11 is 0. The van der Waals surface area contributed by atoms with Gasteiger partial charge in [0.25, 0.3) is 5.91 Å². The van der Waals surface area contributed by atoms with Crippen molar-refractivity contribution < 1.29 is 19.1 Å². The molecule has 0 saturated carbocycles. The van der Waals surface area contributed by atoms with Crippen molar-refractivity contribution in [2.75, 3.05) is 20.3 Å². The maximum absolute atomic E-state index is 11.8. The lowest BCUT2D eigenvalue weighted by molar-refractivity contribution is -0.149. The molecule has 0 saturated heterocycles. The maximum atomic E-state index is 11.8. The fourth-order valence-corrected chi connectivity index (χ4v) is 2.04. The van der Waals surface area contributed by atoms with E-state index in [4.69, 9.17) is 9.47 Å². The Morgan fingerprint density at radius 2 is 2.00 bits per heavy atom. The van der Waals surface area contributed by atoms with Crippen LogP contribution in [0.15, 0.2) is 24.3 Å². The van der Waals surface area contributed by atoms with Gasteiger partial charge in [-0.3, -0.25) is 4.79 Å². The van der Waals surface area contributed by atoms with E-state index in [0.29, 0.717) is 12.4 Å². The van der Waals surface area contributed by atoms with E-state index < -0.39 is 11.9 Å². The molecule has 9 heteroatoms. The molecule has 25 heavy (non-hydrogen) atoms. The summed E-state index contributed by atoms with van der Waals surface area (Å²) in [4.78, 5) is 24.5. The molecule has 0 radical (unpaired) electrons. The van der Waals surface area contributed by atoms with Crippen LogP contribution in [0.3, 0.4) is 0 Å². The van der Waals surface area contributed by atoms with Gasteiger partial charge in [0.1, 0.15) is 0 Å². The molecule has 1 unspecified atom stereocenters. The number of hydrogen-bond acceptors (Lipinski definition) is 7. The average molecular weight is 347 g/mol. The number of aromatic nitrogens is 4. The van der Waals surface area contributed by atoms with Crippen LogP contribution < -0.4 is 5.32 Å². The molecule has 0 spiro atoms. The second-order valence-corrected chi connectivity index (χ2v) is 5.59. The van der Waals surface area contributed by atoms with Gasteiger partial charge in [-0.1, -0.05) is 29.8 Å². The Kier molecular flexibility index (Phi) is 6.58. The number of ether oxygens (including phenoxy) is 2. The summed E-state index contributed by atoms with van der Waals surface area (Å²) in [5.74, 6) is -0.605. The Balaban J connectivity index is 1.81. The molecule has 1 aromatic carbocycles. The predicted molar refractivity (Wildman–Crippen MR) is 88.4 cm³/mol. The highest BCUT2D eigenvalue weighted by Gasteiger charge is 2.13. The smallest absolute Gasteiger partial charge is 0.330 e. The van der Waals surface area contributed by atoms with E-state index in [9.17, 15) is 9.59 Å². The minimum atomic E-state index is -0.623. The summed E-state index contributed by atoms with van der Waals surface area (Å²) in [6.45, 7) is 3.56. The molecule has 1 N–H and O–H groups in total. The van der Waals surface area contributed by atoms with E-state index in [1.165, 1.54) is 0 Å². The van der Waals surface area contributed by atoms with Gasteiger partial charge in [-0.05, 0) is 19.1 Å². The van der Waals surface area contributed by atoms with Crippen molar-refractivity contribution >= 4 is 11.9 Å². The van der Waals surface area contributed by atoms with Crippen molar-refractivity contribution in [2.45, 2.75) is 26.4 Å². The number of carbonyl (C=O) groups is 2. The Morgan fingerprint density at radius 1 is 1.28 bits per heavy atom. The van der Waals surface area contributed by atoms with E-state index in [1.54, 1.807) is 14.0 Å². The molecule has 1 aromatic heterocycles. The quantitative estimate of drug-likeness (QED) is 0.686. The number of esters is 1. The monoisotopic (exact) mass is 347 g/mol. The summed E-state index contributed by atoms with van der Waals surface area (Å²) in [7, 11) is 1.54. The summed E-state index contributed by atoms with van der Waals surface area (Å²) in [5, 5.41) is 14.5. The van der Waals surface area contributed by atoms with Crippen molar-refractivity contribution in [3.8, 4) is 11.4 Å². The topological polar surface area (TPSA) is 108 Å². The number of hydrogen-bond donors (Lipinski definition) is 1. The molecule has 0 bridgehead atoms. The molecule has 1 atom stereocenters. The van der Waals surface area contributed by atoms with Gasteiger partial charge in [0.15, 0.2) is 13.2 Å². The molecule has 0 aliphatic rings. The van der Waals surface area contributed by atoms with Crippen LogP contribution >= 0.6 is 0 Å². The summed E-state index contributed by atoms with van der Waals surface area (Å²) in [6.07, 6.45) is 0. The summed E-state index contributed by atoms with van der Waals surface area (Å²) in [6, 6.07) is 7.47. The third-order valence-corrected chi connectivity index (χ3v) is 3.22. The van der Waals surface area contributed by atoms with Gasteiger partial charge >= 0.3 is 5.97 Å². The number of rotatable bonds is 8. The van der Waals surface area contributed by atoms with E-state index in [0.717, 1.165) is 15.9 Å². The van der Waals surface area contributed by atoms with Crippen LogP contribution in [0.25, 0.3) is 11.4 Å². The fourth-order valence-electron chi connectivity index (χ4n) is 2.04. The molecular formula is C16H21N5O4. The van der Waals surface area contributed by atoms with Crippen LogP contribution in [0.4, 0.5) is 0 Å². The first-order chi connectivity index (χ1) is 12.0. The standard InChI is InChI=1S/C16H21N5O4/c1-11-4-6-13(7-5-11)16-18-20-21(19-16)8-15(23)25-10-14(22)17-12(2)9-24-3/h4-7,12H,8-10H2,1-3H3,(H,17,22). The number of tetrazole rings is 1. The molecular weight excluding hydrogens is 326 g/mol. The number of nitrogens with zero attached hydrogens (tertiary/aromatic N) is 4. The zero-order valence-electron chi connectivity index (χ0n) is 14.4. The first-order valence-electron chi connectivity index (χ1n) is 7.76. The molecule has 0 fully saturated rings. The lowest BCUT2D eigenvalue weighted by atomic mass is 10.1. The Labute approximate surface area is 145 Å². The minimum absolute atomic E-state index is 0.162. The average Bonchev–Trinajstić information content (AvgIpc) is 3.02. The van der Waals surface area contributed by atoms with Crippen LogP contribution in [0, 0.1) is 6.92 Å². The third-order valence-electron chi connectivity index (χ3n) is 3.22. The molecule has 0 aliphatic carbocycles. The summed E-state index contributed by atoms with van der Waals surface area (Å²) in [5.41, 5.74) is 1.93. The van der Waals surface area contributed by atoms with E-state index in [1.807, 2.05) is 31.2 Å². The van der Waals surface area contributed by atoms with Crippen LogP contribution in [0.1, 0.15) is 12.5 Å². The third kappa shape index (κ3) is 5.96. The number of amides is 1. The van der Waals surface area contributed by atoms with Gasteiger partial charge in [-0.25, -0.2) is 4.79 Å². The number of aryl methyl sites for hydroxylation is 1. The summed E-state index contributed by atoms with van der Waals surface area (Å²) < 4.78 is 9.80. The molecule has 2 rings (SSSR count). The first kappa shape index (κ1) is 18.5. The fraction of sp³-hybridized carbons (Fsp3) is 0.438. The van der Waals surface area contributed by atoms with Gasteiger partial charge in [0, 0.05) is 18.7 Å². The molecule has 1 heterocycles. The largest absolute Gasteiger partial charge is 0.454 e. The highest BCUT2D eigenvalue weighted by atomic mass is 16.5. The van der Waals surface area contributed by atoms with Gasteiger partial charge in [-0.2, -0.15) is 4.80 Å². The van der Waals surface area contributed by atoms with Gasteiger partial charge < -0.3 is 14.8 Å². The highest BCUT2D eigenvalue weighted by molar-refractivity contribution is 5.80. The van der Waals surface area contributed by atoms with Crippen LogP contribution in [-0.4, -0.2) is 58.4 Å². The Bertz CT molecular complexity index is 714. The maximum Gasteiger partial charge on any atom is 0.330 e. The van der Waals surface area contributed by atoms with Crippen molar-refractivity contribution in [2.24, 2.45) is 0 Å². The van der Waals surface area contributed by atoms with E-state index in [-0.39, 0.29) is 19.2 Å². The molecule has 2 aromatic rings. The SMILES string of the molecule is COCC(C)NC(=O)COC(=O)Cn1nnc(-c2ccc(C)cc2)n1. The Hall–Kier alpha value is -2.81. The molecule has 9 nitrogen and oxygen atoms in total. The number of nitrogens with one attached hydrogen (secondary N) is 1. The predicted octanol–water partition coefficient (Wildman–Crippen LogP) is 0.343. The zero-order chi connectivity index (χ0) is 18.2. The second-order valence-electron chi connectivity index (χ2n) is 5.59. The van der Waals surface area contributed by atoms with Crippen LogP contribution in [0.2, 0.25) is 0 Å². The van der Waals surface area contributed by atoms with Gasteiger partial charge in [0.2, 0.25) is 5.82 Å². The zero-order valence-corrected chi connectivity index (χ0v) is 14.4. The Morgan fingerprint density at radius 3 is 2.68 bits per heavy atom. The molecule has 134 valence electrons. The second kappa shape index (κ2) is 8.88. The highest BCUT2D eigenvalue weighted by Crippen LogP contribution is 2.13. The van der Waals surface area contributed by atoms with Gasteiger partial charge in [-0.15, -0.1) is 10.2 Å². The van der Waals surface area contributed by atoms with Crippen molar-refractivity contribution in [1.82, 2.24) is 25.5 Å².